The fourth-order valence-electron chi connectivity index (χ4n) is 1.61. The predicted molar refractivity (Wildman–Crippen MR) is 78.6 cm³/mol. The summed E-state index contributed by atoms with van der Waals surface area (Å²) >= 11 is 5.00. The Morgan fingerprint density at radius 2 is 2.11 bits per heavy atom. The summed E-state index contributed by atoms with van der Waals surface area (Å²) in [7, 11) is 1.64. The number of carbonyl (C=O) groups excluding carboxylic acids is 1. The van der Waals surface area contributed by atoms with E-state index >= 15 is 0 Å². The first-order valence-corrected chi connectivity index (χ1v) is 6.17. The molecule has 0 unspecified atom stereocenters. The molecule has 1 fully saturated rings. The van der Waals surface area contributed by atoms with Crippen LogP contribution in [0.5, 0.6) is 5.75 Å². The molecule has 1 heterocycles. The van der Waals surface area contributed by atoms with Crippen molar-refractivity contribution in [2.75, 3.05) is 13.7 Å². The van der Waals surface area contributed by atoms with Crippen LogP contribution in [0.3, 0.4) is 0 Å². The maximum absolute atomic E-state index is 11.8. The first kappa shape index (κ1) is 13.3. The van der Waals surface area contributed by atoms with Gasteiger partial charge in [-0.1, -0.05) is 24.8 Å². The summed E-state index contributed by atoms with van der Waals surface area (Å²) in [6, 6.07) is 7.44. The van der Waals surface area contributed by atoms with Crippen molar-refractivity contribution in [2.45, 2.75) is 0 Å². The van der Waals surface area contributed by atoms with Crippen LogP contribution in [0.4, 0.5) is 0 Å². The highest BCUT2D eigenvalue weighted by atomic mass is 32.1. The molecule has 1 amide bonds. The molecule has 19 heavy (non-hydrogen) atoms. The zero-order valence-corrected chi connectivity index (χ0v) is 11.4. The van der Waals surface area contributed by atoms with Crippen molar-refractivity contribution in [3.8, 4) is 5.75 Å². The Labute approximate surface area is 117 Å². The van der Waals surface area contributed by atoms with Gasteiger partial charge in [0, 0.05) is 7.05 Å². The van der Waals surface area contributed by atoms with E-state index < -0.39 is 0 Å². The van der Waals surface area contributed by atoms with Crippen LogP contribution < -0.4 is 10.1 Å². The average Bonchev–Trinajstić information content (AvgIpc) is 2.66. The number of thiocarbonyl (C=S) groups is 1. The van der Waals surface area contributed by atoms with Crippen molar-refractivity contribution in [3.63, 3.8) is 0 Å². The molecule has 1 aromatic rings. The molecule has 2 rings (SSSR count). The highest BCUT2D eigenvalue weighted by Crippen LogP contribution is 2.16. The van der Waals surface area contributed by atoms with Gasteiger partial charge in [-0.2, -0.15) is 0 Å². The molecule has 5 heteroatoms. The average molecular weight is 274 g/mol. The van der Waals surface area contributed by atoms with Gasteiger partial charge in [0.2, 0.25) is 0 Å². The summed E-state index contributed by atoms with van der Waals surface area (Å²) < 4.78 is 5.39. The van der Waals surface area contributed by atoms with E-state index in [9.17, 15) is 4.79 Å². The monoisotopic (exact) mass is 274 g/mol. The van der Waals surface area contributed by atoms with Crippen LogP contribution in [-0.4, -0.2) is 29.6 Å². The van der Waals surface area contributed by atoms with E-state index in [2.05, 4.69) is 11.9 Å². The second-order valence-electron chi connectivity index (χ2n) is 4.02. The molecule has 1 saturated heterocycles. The lowest BCUT2D eigenvalue weighted by Gasteiger charge is -2.03. The third-order valence-corrected chi connectivity index (χ3v) is 3.02. The Bertz CT molecular complexity index is 549. The minimum atomic E-state index is -0.128. The molecule has 4 nitrogen and oxygen atoms in total. The smallest absolute Gasteiger partial charge is 0.276 e. The van der Waals surface area contributed by atoms with Gasteiger partial charge in [0.1, 0.15) is 18.1 Å². The van der Waals surface area contributed by atoms with Gasteiger partial charge in [-0.3, -0.25) is 9.69 Å². The van der Waals surface area contributed by atoms with Gasteiger partial charge in [0.05, 0.1) is 0 Å². The molecule has 0 aliphatic carbocycles. The number of amides is 1. The minimum Gasteiger partial charge on any atom is -0.490 e. The molecular weight excluding hydrogens is 260 g/mol. The maximum atomic E-state index is 11.8. The van der Waals surface area contributed by atoms with Gasteiger partial charge in [0.25, 0.3) is 5.91 Å². The second kappa shape index (κ2) is 5.67. The standard InChI is InChI=1S/C14H14N2O2S/c1-3-8-18-11-6-4-10(5-7-11)9-12-13(17)16(2)14(19)15-12/h3-7,9H,1,8H2,2H3,(H,15,19)/b12-9-. The number of hydrogen-bond donors (Lipinski definition) is 1. The van der Waals surface area contributed by atoms with Crippen molar-refractivity contribution >= 4 is 29.3 Å². The largest absolute Gasteiger partial charge is 0.490 e. The third-order valence-electron chi connectivity index (χ3n) is 2.64. The van der Waals surface area contributed by atoms with Crippen LogP contribution in [0, 0.1) is 0 Å². The van der Waals surface area contributed by atoms with Crippen molar-refractivity contribution in [1.82, 2.24) is 10.2 Å². The predicted octanol–water partition coefficient (Wildman–Crippen LogP) is 1.94. The number of ether oxygens (including phenoxy) is 1. The lowest BCUT2D eigenvalue weighted by Crippen LogP contribution is -2.25. The molecule has 0 atom stereocenters. The molecule has 1 aliphatic heterocycles. The molecule has 0 spiro atoms. The van der Waals surface area contributed by atoms with Crippen LogP contribution >= 0.6 is 12.2 Å². The van der Waals surface area contributed by atoms with Gasteiger partial charge in [-0.25, -0.2) is 0 Å². The second-order valence-corrected chi connectivity index (χ2v) is 4.41. The van der Waals surface area contributed by atoms with Crippen molar-refractivity contribution in [2.24, 2.45) is 0 Å². The van der Waals surface area contributed by atoms with Crippen molar-refractivity contribution in [3.05, 3.63) is 48.2 Å². The van der Waals surface area contributed by atoms with Crippen LogP contribution in [-0.2, 0) is 4.79 Å². The highest BCUT2D eigenvalue weighted by Gasteiger charge is 2.26. The minimum absolute atomic E-state index is 0.128. The van der Waals surface area contributed by atoms with Gasteiger partial charge < -0.3 is 10.1 Å². The Morgan fingerprint density at radius 1 is 1.42 bits per heavy atom. The van der Waals surface area contributed by atoms with Crippen molar-refractivity contribution < 1.29 is 9.53 Å². The summed E-state index contributed by atoms with van der Waals surface area (Å²) in [5.41, 5.74) is 1.38. The zero-order valence-electron chi connectivity index (χ0n) is 10.6. The third kappa shape index (κ3) is 3.00. The summed E-state index contributed by atoms with van der Waals surface area (Å²) in [6.45, 7) is 4.06. The van der Waals surface area contributed by atoms with E-state index in [1.165, 1.54) is 4.90 Å². The first-order valence-electron chi connectivity index (χ1n) is 5.76. The first-order chi connectivity index (χ1) is 9.11. The molecular formula is C14H14N2O2S. The molecule has 1 N–H and O–H groups in total. The van der Waals surface area contributed by atoms with Crippen molar-refractivity contribution in [1.29, 1.82) is 0 Å². The Morgan fingerprint density at radius 3 is 2.63 bits per heavy atom. The molecule has 1 aromatic carbocycles. The molecule has 1 aliphatic rings. The van der Waals surface area contributed by atoms with E-state index in [1.54, 1.807) is 19.2 Å². The molecule has 0 saturated carbocycles. The van der Waals surface area contributed by atoms with Crippen LogP contribution in [0.2, 0.25) is 0 Å². The zero-order chi connectivity index (χ0) is 13.8. The fraction of sp³-hybridized carbons (Fsp3) is 0.143. The number of nitrogens with one attached hydrogen (secondary N) is 1. The lowest BCUT2D eigenvalue weighted by atomic mass is 10.2. The SMILES string of the molecule is C=CCOc1ccc(/C=C2\NC(=S)N(C)C2=O)cc1. The maximum Gasteiger partial charge on any atom is 0.276 e. The lowest BCUT2D eigenvalue weighted by molar-refractivity contribution is -0.121. The number of hydrogen-bond acceptors (Lipinski definition) is 3. The van der Waals surface area contributed by atoms with E-state index in [0.29, 0.717) is 17.4 Å². The number of benzene rings is 1. The van der Waals surface area contributed by atoms with E-state index in [1.807, 2.05) is 24.3 Å². The molecule has 0 aromatic heterocycles. The molecule has 0 radical (unpaired) electrons. The highest BCUT2D eigenvalue weighted by molar-refractivity contribution is 7.80. The quantitative estimate of drug-likeness (QED) is 0.517. The van der Waals surface area contributed by atoms with E-state index in [0.717, 1.165) is 11.3 Å². The summed E-state index contributed by atoms with van der Waals surface area (Å²) in [6.07, 6.45) is 3.45. The normalized spacial score (nSPS) is 16.7. The van der Waals surface area contributed by atoms with Crippen LogP contribution in [0.25, 0.3) is 6.08 Å². The Kier molecular flexibility index (Phi) is 3.97. The fourth-order valence-corrected chi connectivity index (χ4v) is 1.80. The van der Waals surface area contributed by atoms with Gasteiger partial charge in [-0.15, -0.1) is 0 Å². The number of nitrogens with zero attached hydrogens (tertiary/aromatic N) is 1. The van der Waals surface area contributed by atoms with Gasteiger partial charge in [-0.05, 0) is 36.0 Å². The van der Waals surface area contributed by atoms with Crippen LogP contribution in [0.1, 0.15) is 5.56 Å². The molecule has 98 valence electrons. The van der Waals surface area contributed by atoms with E-state index in [4.69, 9.17) is 17.0 Å². The molecule has 0 bridgehead atoms. The van der Waals surface area contributed by atoms with Crippen LogP contribution in [0.15, 0.2) is 42.6 Å². The Balaban J connectivity index is 2.13. The van der Waals surface area contributed by atoms with Gasteiger partial charge in [0.15, 0.2) is 5.11 Å². The number of carbonyl (C=O) groups is 1. The van der Waals surface area contributed by atoms with E-state index in [-0.39, 0.29) is 5.91 Å². The topological polar surface area (TPSA) is 41.6 Å². The summed E-state index contributed by atoms with van der Waals surface area (Å²) in [5, 5.41) is 3.29. The Hall–Kier alpha value is -2.14. The number of likely N-dealkylation sites (N-methyl/N-ethyl adjacent to an activating group) is 1. The van der Waals surface area contributed by atoms with Gasteiger partial charge >= 0.3 is 0 Å². The summed E-state index contributed by atoms with van der Waals surface area (Å²) in [4.78, 5) is 13.2. The summed E-state index contributed by atoms with van der Waals surface area (Å²) in [5.74, 6) is 0.636. The number of rotatable bonds is 4.